The van der Waals surface area contributed by atoms with Crippen LogP contribution in [0.4, 0.5) is 0 Å². The van der Waals surface area contributed by atoms with E-state index >= 15 is 0 Å². The molecular formula is C11H9IO5. The first-order valence-electron chi connectivity index (χ1n) is 4.60. The van der Waals surface area contributed by atoms with Gasteiger partial charge in [-0.15, -0.1) is 0 Å². The van der Waals surface area contributed by atoms with E-state index in [4.69, 9.17) is 9.47 Å². The van der Waals surface area contributed by atoms with Crippen molar-refractivity contribution >= 4 is 40.8 Å². The van der Waals surface area contributed by atoms with Gasteiger partial charge in [-0.3, -0.25) is 14.4 Å². The van der Waals surface area contributed by atoms with E-state index in [9.17, 15) is 14.4 Å². The van der Waals surface area contributed by atoms with Gasteiger partial charge in [-0.25, -0.2) is 0 Å². The number of rotatable bonds is 3. The SMILES string of the molecule is CC(=O)Oc1ccc(C=O)c(I)c1OC(C)=O. The number of hydrogen-bond donors (Lipinski definition) is 0. The predicted molar refractivity (Wildman–Crippen MR) is 67.2 cm³/mol. The highest BCUT2D eigenvalue weighted by Crippen LogP contribution is 2.34. The molecule has 0 heterocycles. The number of carbonyl (C=O) groups is 3. The number of hydrogen-bond acceptors (Lipinski definition) is 5. The van der Waals surface area contributed by atoms with Gasteiger partial charge in [0.05, 0.1) is 3.57 Å². The van der Waals surface area contributed by atoms with Gasteiger partial charge in [0.25, 0.3) is 0 Å². The smallest absolute Gasteiger partial charge is 0.308 e. The highest BCUT2D eigenvalue weighted by Gasteiger charge is 2.16. The Balaban J connectivity index is 3.29. The van der Waals surface area contributed by atoms with Crippen LogP contribution < -0.4 is 9.47 Å². The molecule has 0 N–H and O–H groups in total. The number of aldehydes is 1. The van der Waals surface area contributed by atoms with E-state index in [1.165, 1.54) is 26.0 Å². The van der Waals surface area contributed by atoms with Crippen LogP contribution in [-0.4, -0.2) is 18.2 Å². The molecule has 1 rings (SSSR count). The normalized spacial score (nSPS) is 9.59. The van der Waals surface area contributed by atoms with Crippen LogP contribution in [0, 0.1) is 3.57 Å². The average molecular weight is 348 g/mol. The Morgan fingerprint density at radius 2 is 1.76 bits per heavy atom. The van der Waals surface area contributed by atoms with Crippen molar-refractivity contribution < 1.29 is 23.9 Å². The van der Waals surface area contributed by atoms with E-state index in [1.807, 2.05) is 22.6 Å². The highest BCUT2D eigenvalue weighted by molar-refractivity contribution is 14.1. The average Bonchev–Trinajstić information content (AvgIpc) is 2.22. The van der Waals surface area contributed by atoms with Crippen LogP contribution in [0.15, 0.2) is 12.1 Å². The van der Waals surface area contributed by atoms with E-state index in [-0.39, 0.29) is 11.5 Å². The van der Waals surface area contributed by atoms with Gasteiger partial charge in [0.2, 0.25) is 0 Å². The minimum Gasteiger partial charge on any atom is -0.423 e. The van der Waals surface area contributed by atoms with Crippen molar-refractivity contribution in [2.24, 2.45) is 0 Å². The van der Waals surface area contributed by atoms with E-state index in [0.29, 0.717) is 15.4 Å². The monoisotopic (exact) mass is 348 g/mol. The van der Waals surface area contributed by atoms with Crippen molar-refractivity contribution in [3.05, 3.63) is 21.3 Å². The van der Waals surface area contributed by atoms with Crippen LogP contribution in [0.1, 0.15) is 24.2 Å². The zero-order valence-electron chi connectivity index (χ0n) is 9.15. The molecule has 0 spiro atoms. The molecule has 5 nitrogen and oxygen atoms in total. The van der Waals surface area contributed by atoms with Gasteiger partial charge in [-0.2, -0.15) is 0 Å². The van der Waals surface area contributed by atoms with Crippen LogP contribution in [0.25, 0.3) is 0 Å². The topological polar surface area (TPSA) is 69.7 Å². The van der Waals surface area contributed by atoms with Crippen LogP contribution in [0.5, 0.6) is 11.5 Å². The van der Waals surface area contributed by atoms with Gasteiger partial charge < -0.3 is 9.47 Å². The van der Waals surface area contributed by atoms with Crippen LogP contribution in [-0.2, 0) is 9.59 Å². The molecular weight excluding hydrogens is 339 g/mol. The third-order valence-corrected chi connectivity index (χ3v) is 2.83. The molecule has 0 aliphatic rings. The lowest BCUT2D eigenvalue weighted by Crippen LogP contribution is -2.09. The van der Waals surface area contributed by atoms with Gasteiger partial charge in [0.15, 0.2) is 17.8 Å². The molecule has 90 valence electrons. The Hall–Kier alpha value is -1.44. The predicted octanol–water partition coefficient (Wildman–Crippen LogP) is 1.95. The molecule has 0 aliphatic carbocycles. The summed E-state index contributed by atoms with van der Waals surface area (Å²) in [6.45, 7) is 2.46. The fraction of sp³-hybridized carbons (Fsp3) is 0.182. The van der Waals surface area contributed by atoms with Gasteiger partial charge in [-0.05, 0) is 34.7 Å². The zero-order valence-corrected chi connectivity index (χ0v) is 11.3. The van der Waals surface area contributed by atoms with Crippen LogP contribution in [0.2, 0.25) is 0 Å². The third kappa shape index (κ3) is 3.52. The quantitative estimate of drug-likeness (QED) is 0.362. The molecule has 0 fully saturated rings. The lowest BCUT2D eigenvalue weighted by Gasteiger charge is -2.11. The summed E-state index contributed by atoms with van der Waals surface area (Å²) in [5.74, 6) is -0.895. The van der Waals surface area contributed by atoms with E-state index < -0.39 is 11.9 Å². The summed E-state index contributed by atoms with van der Waals surface area (Å²) in [5, 5.41) is 0. The van der Waals surface area contributed by atoms with Crippen molar-refractivity contribution in [3.63, 3.8) is 0 Å². The largest absolute Gasteiger partial charge is 0.423 e. The summed E-state index contributed by atoms with van der Waals surface area (Å²) in [4.78, 5) is 32.6. The highest BCUT2D eigenvalue weighted by atomic mass is 127. The Morgan fingerprint density at radius 3 is 2.24 bits per heavy atom. The van der Waals surface area contributed by atoms with Crippen LogP contribution >= 0.6 is 22.6 Å². The Bertz CT molecular complexity index is 481. The van der Waals surface area contributed by atoms with Crippen molar-refractivity contribution in [1.82, 2.24) is 0 Å². The van der Waals surface area contributed by atoms with Crippen molar-refractivity contribution in [2.75, 3.05) is 0 Å². The number of esters is 2. The molecule has 1 aromatic rings. The maximum absolute atomic E-state index is 10.9. The van der Waals surface area contributed by atoms with Crippen molar-refractivity contribution in [1.29, 1.82) is 0 Å². The summed E-state index contributed by atoms with van der Waals surface area (Å²) in [6.07, 6.45) is 0.631. The lowest BCUT2D eigenvalue weighted by molar-refractivity contribution is -0.134. The van der Waals surface area contributed by atoms with Gasteiger partial charge in [-0.1, -0.05) is 0 Å². The van der Waals surface area contributed by atoms with E-state index in [1.54, 1.807) is 0 Å². The number of halogens is 1. The summed E-state index contributed by atoms with van der Waals surface area (Å²) < 4.78 is 10.2. The standard InChI is InChI=1S/C11H9IO5/c1-6(14)16-9-4-3-8(5-13)10(12)11(9)17-7(2)15/h3-5H,1-2H3. The molecule has 0 radical (unpaired) electrons. The first-order valence-corrected chi connectivity index (χ1v) is 5.68. The van der Waals surface area contributed by atoms with Gasteiger partial charge in [0, 0.05) is 19.4 Å². The second-order valence-electron chi connectivity index (χ2n) is 3.10. The Morgan fingerprint density at radius 1 is 1.18 bits per heavy atom. The molecule has 17 heavy (non-hydrogen) atoms. The molecule has 0 unspecified atom stereocenters. The Labute approximate surface area is 111 Å². The van der Waals surface area contributed by atoms with E-state index in [0.717, 1.165) is 0 Å². The molecule has 0 aliphatic heterocycles. The number of ether oxygens (including phenoxy) is 2. The number of carbonyl (C=O) groups excluding carboxylic acids is 3. The first kappa shape index (κ1) is 13.6. The molecule has 0 amide bonds. The minimum absolute atomic E-state index is 0.0814. The molecule has 0 saturated heterocycles. The summed E-state index contributed by atoms with van der Waals surface area (Å²) in [7, 11) is 0. The number of benzene rings is 1. The molecule has 1 aromatic carbocycles. The molecule has 0 atom stereocenters. The van der Waals surface area contributed by atoms with Gasteiger partial charge >= 0.3 is 11.9 Å². The maximum atomic E-state index is 10.9. The molecule has 0 saturated carbocycles. The molecule has 0 bridgehead atoms. The van der Waals surface area contributed by atoms with Crippen molar-refractivity contribution in [2.45, 2.75) is 13.8 Å². The fourth-order valence-electron chi connectivity index (χ4n) is 1.12. The Kier molecular flexibility index (Phi) is 4.62. The second-order valence-corrected chi connectivity index (χ2v) is 4.18. The maximum Gasteiger partial charge on any atom is 0.308 e. The summed E-state index contributed by atoms with van der Waals surface area (Å²) >= 11 is 1.85. The van der Waals surface area contributed by atoms with Crippen molar-refractivity contribution in [3.8, 4) is 11.5 Å². The fourth-order valence-corrected chi connectivity index (χ4v) is 1.80. The van der Waals surface area contributed by atoms with E-state index in [2.05, 4.69) is 0 Å². The summed E-state index contributed by atoms with van der Waals surface area (Å²) in [6, 6.07) is 2.89. The zero-order chi connectivity index (χ0) is 13.0. The lowest BCUT2D eigenvalue weighted by atomic mass is 10.2. The van der Waals surface area contributed by atoms with Crippen LogP contribution in [0.3, 0.4) is 0 Å². The summed E-state index contributed by atoms with van der Waals surface area (Å²) in [5.41, 5.74) is 0.359. The minimum atomic E-state index is -0.556. The van der Waals surface area contributed by atoms with Gasteiger partial charge in [0.1, 0.15) is 0 Å². The third-order valence-electron chi connectivity index (χ3n) is 1.72. The first-order chi connectivity index (χ1) is 7.95. The molecule has 6 heteroatoms. The molecule has 0 aromatic heterocycles. The second kappa shape index (κ2) is 5.76.